The van der Waals surface area contributed by atoms with Gasteiger partial charge in [0.1, 0.15) is 33.9 Å². The van der Waals surface area contributed by atoms with Crippen LogP contribution in [0.5, 0.6) is 17.2 Å². The Kier molecular flexibility index (Phi) is 7.73. The largest absolute Gasteiger partial charge is 0.452 e. The predicted octanol–water partition coefficient (Wildman–Crippen LogP) is 5.36. The molecular weight excluding hydrogens is 594 g/mol. The van der Waals surface area contributed by atoms with Crippen LogP contribution in [0.2, 0.25) is 0 Å². The number of cyclic esters (lactones) is 4. The van der Waals surface area contributed by atoms with Gasteiger partial charge in [0.05, 0.1) is 0 Å². The van der Waals surface area contributed by atoms with Crippen LogP contribution in [-0.2, 0) is 19.1 Å². The van der Waals surface area contributed by atoms with Crippen LogP contribution in [0.1, 0.15) is 27.6 Å². The van der Waals surface area contributed by atoms with E-state index in [0.717, 1.165) is 0 Å². The van der Waals surface area contributed by atoms with E-state index in [2.05, 4.69) is 25.5 Å². The summed E-state index contributed by atoms with van der Waals surface area (Å²) in [6, 6.07) is 0. The summed E-state index contributed by atoms with van der Waals surface area (Å²) in [6.07, 6.45) is 0. The lowest BCUT2D eigenvalue weighted by molar-refractivity contribution is -0.151. The first kappa shape index (κ1) is 30.4. The first-order chi connectivity index (χ1) is 18.6. The van der Waals surface area contributed by atoms with Crippen molar-refractivity contribution < 1.29 is 82.3 Å². The van der Waals surface area contributed by atoms with Gasteiger partial charge in [0.25, 0.3) is 0 Å². The van der Waals surface area contributed by atoms with Crippen LogP contribution in [0.25, 0.3) is 0 Å². The van der Waals surface area contributed by atoms with Crippen LogP contribution >= 0.6 is 0 Å². The molecule has 0 saturated heterocycles. The smallest absolute Gasteiger partial charge is 0.350 e. The second-order valence-electron chi connectivity index (χ2n) is 7.52. The summed E-state index contributed by atoms with van der Waals surface area (Å²) in [5.41, 5.74) is -5.85. The van der Waals surface area contributed by atoms with Gasteiger partial charge in [-0.15, -0.1) is 0 Å². The summed E-state index contributed by atoms with van der Waals surface area (Å²) in [6.45, 7) is 3.19. The third kappa shape index (κ3) is 4.55. The number of benzene rings is 2. The molecule has 2 aliphatic heterocycles. The minimum Gasteiger partial charge on any atom is -0.452 e. The number of carbonyl (C=O) groups is 4. The molecule has 0 amide bonds. The molecule has 0 spiro atoms. The van der Waals surface area contributed by atoms with E-state index in [9.17, 15) is 58.7 Å². The summed E-state index contributed by atoms with van der Waals surface area (Å²) in [5.74, 6) is -35.9. The number of rotatable bonds is 6. The van der Waals surface area contributed by atoms with Gasteiger partial charge in [-0.05, 0) is 6.92 Å². The number of carbonyl (C=O) groups excluding carboxylic acids is 4. The first-order valence-electron chi connectivity index (χ1n) is 10.0. The van der Waals surface area contributed by atoms with Crippen LogP contribution in [0, 0.1) is 40.7 Å². The maximum Gasteiger partial charge on any atom is 0.350 e. The van der Waals surface area contributed by atoms with Crippen molar-refractivity contribution in [2.24, 2.45) is 0 Å². The highest BCUT2D eigenvalue weighted by atomic mass is 19.2. The highest BCUT2D eigenvalue weighted by molar-refractivity contribution is 6.16. The van der Waals surface area contributed by atoms with E-state index in [-0.39, 0.29) is 4.70 Å². The van der Waals surface area contributed by atoms with Gasteiger partial charge in [0, 0.05) is 0 Å². The van der Waals surface area contributed by atoms with Crippen LogP contribution in [0.15, 0.2) is 35.1 Å². The summed E-state index contributed by atoms with van der Waals surface area (Å²) in [5, 5.41) is 0. The van der Waals surface area contributed by atoms with Crippen molar-refractivity contribution in [3.63, 3.8) is 0 Å². The molecule has 0 N–H and O–H groups in total. The molecule has 0 bridgehead atoms. The zero-order valence-corrected chi connectivity index (χ0v) is 19.3. The Balaban J connectivity index is 0.00000462. The predicted molar refractivity (Wildman–Crippen MR) is 108 cm³/mol. The Morgan fingerprint density at radius 2 is 1.00 bits per heavy atom. The van der Waals surface area contributed by atoms with Gasteiger partial charge in [-0.1, -0.05) is 6.58 Å². The van der Waals surface area contributed by atoms with E-state index in [1.54, 1.807) is 0 Å². The SMILES string of the molecule is C=C(F)C1=C(/C(F)=C(\C)Oc2c(F)c(F)c(Oc3c(F)c(F)c4c(c3F)C(=O)OC4=O)c(F)c2F)C(=O)OC1=O.F. The third-order valence-electron chi connectivity index (χ3n) is 5.16. The normalized spacial score (nSPS) is 14.9. The fourth-order valence-corrected chi connectivity index (χ4v) is 3.38. The van der Waals surface area contributed by atoms with Crippen molar-refractivity contribution in [3.05, 3.63) is 87.0 Å². The van der Waals surface area contributed by atoms with Gasteiger partial charge in [-0.3, -0.25) is 4.70 Å². The van der Waals surface area contributed by atoms with E-state index in [1.807, 2.05) is 0 Å². The zero-order chi connectivity index (χ0) is 30.0. The second-order valence-corrected chi connectivity index (χ2v) is 7.52. The molecule has 2 heterocycles. The Morgan fingerprint density at radius 1 is 0.610 bits per heavy atom. The molecule has 0 saturated carbocycles. The van der Waals surface area contributed by atoms with Crippen molar-refractivity contribution in [3.8, 4) is 17.2 Å². The molecule has 0 atom stereocenters. The van der Waals surface area contributed by atoms with Crippen molar-refractivity contribution in [1.29, 1.82) is 0 Å². The molecule has 2 aromatic carbocycles. The quantitative estimate of drug-likeness (QED) is 0.144. The third-order valence-corrected chi connectivity index (χ3v) is 5.16. The molecule has 0 aromatic heterocycles. The zero-order valence-electron chi connectivity index (χ0n) is 19.3. The van der Waals surface area contributed by atoms with Crippen molar-refractivity contribution in [2.45, 2.75) is 6.92 Å². The standard InChI is InChI=1S/C23H5F9O8.FH/c1-3(24)5-6(21(34)39-20(5)33)9(25)4(2)37-18-13(29)15(31)19(16(32)14(18)30)38-17-11(27)8-7(10(26)12(17)28)22(35)40-23(8)36;/h1H2,2H3;1H/b9-4-;. The molecule has 41 heavy (non-hydrogen) atoms. The van der Waals surface area contributed by atoms with Gasteiger partial charge >= 0.3 is 23.9 Å². The minimum atomic E-state index is -2.60. The number of ether oxygens (including phenoxy) is 4. The van der Waals surface area contributed by atoms with Gasteiger partial charge < -0.3 is 18.9 Å². The molecular formula is C23H6F10O8. The fourth-order valence-electron chi connectivity index (χ4n) is 3.38. The molecule has 0 fully saturated rings. The Labute approximate surface area is 218 Å². The van der Waals surface area contributed by atoms with Gasteiger partial charge in [-0.25, -0.2) is 36.7 Å². The highest BCUT2D eigenvalue weighted by Gasteiger charge is 2.42. The summed E-state index contributed by atoms with van der Waals surface area (Å²) >= 11 is 0. The lowest BCUT2D eigenvalue weighted by Crippen LogP contribution is -2.10. The number of esters is 4. The van der Waals surface area contributed by atoms with Crippen LogP contribution < -0.4 is 9.47 Å². The number of allylic oxidation sites excluding steroid dienone is 1. The Morgan fingerprint density at radius 3 is 1.51 bits per heavy atom. The number of fused-ring (bicyclic) bond motifs is 1. The summed E-state index contributed by atoms with van der Waals surface area (Å²) in [4.78, 5) is 46.2. The van der Waals surface area contributed by atoms with Crippen molar-refractivity contribution in [2.75, 3.05) is 0 Å². The lowest BCUT2D eigenvalue weighted by Gasteiger charge is -2.15. The molecule has 0 unspecified atom stereocenters. The van der Waals surface area contributed by atoms with E-state index in [0.29, 0.717) is 6.92 Å². The molecule has 18 heteroatoms. The summed E-state index contributed by atoms with van der Waals surface area (Å²) < 4.78 is 146. The first-order valence-corrected chi connectivity index (χ1v) is 10.0. The fraction of sp³-hybridized carbons (Fsp3) is 0.0435. The van der Waals surface area contributed by atoms with Crippen molar-refractivity contribution in [1.82, 2.24) is 0 Å². The van der Waals surface area contributed by atoms with Crippen LogP contribution in [-0.4, -0.2) is 23.9 Å². The molecule has 0 radical (unpaired) electrons. The maximum atomic E-state index is 14.7. The molecule has 8 nitrogen and oxygen atoms in total. The van der Waals surface area contributed by atoms with E-state index < -0.39 is 122 Å². The number of halogens is 10. The van der Waals surface area contributed by atoms with Gasteiger partial charge in [0.15, 0.2) is 17.5 Å². The Hall–Kier alpha value is -5.16. The van der Waals surface area contributed by atoms with E-state index in [4.69, 9.17) is 0 Å². The Bertz CT molecular complexity index is 1660. The number of hydrogen-bond acceptors (Lipinski definition) is 8. The topological polar surface area (TPSA) is 105 Å². The van der Waals surface area contributed by atoms with E-state index >= 15 is 0 Å². The monoisotopic (exact) mass is 600 g/mol. The average Bonchev–Trinajstić information content (AvgIpc) is 3.36. The van der Waals surface area contributed by atoms with Gasteiger partial charge in [-0.2, -0.15) is 22.0 Å². The molecule has 0 aliphatic carbocycles. The average molecular weight is 600 g/mol. The highest BCUT2D eigenvalue weighted by Crippen LogP contribution is 2.42. The molecule has 216 valence electrons. The van der Waals surface area contributed by atoms with Gasteiger partial charge in [0.2, 0.25) is 46.3 Å². The minimum absolute atomic E-state index is 0. The van der Waals surface area contributed by atoms with Crippen LogP contribution in [0.3, 0.4) is 0 Å². The maximum absolute atomic E-state index is 14.7. The van der Waals surface area contributed by atoms with Crippen molar-refractivity contribution >= 4 is 23.9 Å². The molecule has 4 rings (SSSR count). The molecule has 2 aliphatic rings. The lowest BCUT2D eigenvalue weighted by atomic mass is 10.1. The second kappa shape index (κ2) is 10.4. The van der Waals surface area contributed by atoms with E-state index in [1.165, 1.54) is 0 Å². The summed E-state index contributed by atoms with van der Waals surface area (Å²) in [7, 11) is 0. The van der Waals surface area contributed by atoms with Crippen LogP contribution in [0.4, 0.5) is 44.2 Å². The number of hydrogen-bond donors (Lipinski definition) is 0. The molecule has 2 aromatic rings.